The molecule has 1 rings (SSSR count). The van der Waals surface area contributed by atoms with E-state index in [1.54, 1.807) is 19.2 Å². The molecule has 19 heavy (non-hydrogen) atoms. The Morgan fingerprint density at radius 1 is 1.26 bits per heavy atom. The van der Waals surface area contributed by atoms with Gasteiger partial charge in [0.2, 0.25) is 0 Å². The van der Waals surface area contributed by atoms with Crippen molar-refractivity contribution >= 4 is 5.97 Å². The number of benzene rings is 1. The molecule has 0 bridgehead atoms. The topological polar surface area (TPSA) is 65.0 Å². The third-order valence-corrected chi connectivity index (χ3v) is 2.40. The van der Waals surface area contributed by atoms with Crippen LogP contribution in [0, 0.1) is 0 Å². The second kappa shape index (κ2) is 9.35. The first-order valence-corrected chi connectivity index (χ1v) is 6.23. The molecule has 0 saturated carbocycles. The molecular formula is C14H20O5. The Kier molecular flexibility index (Phi) is 7.62. The minimum absolute atomic E-state index is 0.0262. The highest BCUT2D eigenvalue weighted by molar-refractivity contribution is 5.70. The Hall–Kier alpha value is -1.59. The van der Waals surface area contributed by atoms with Crippen molar-refractivity contribution in [1.82, 2.24) is 0 Å². The van der Waals surface area contributed by atoms with Gasteiger partial charge in [0, 0.05) is 20.1 Å². The summed E-state index contributed by atoms with van der Waals surface area (Å²) < 4.78 is 15.3. The number of hydrogen-bond acceptors (Lipinski definition) is 5. The van der Waals surface area contributed by atoms with Gasteiger partial charge in [0.1, 0.15) is 11.9 Å². The van der Waals surface area contributed by atoms with E-state index >= 15 is 0 Å². The highest BCUT2D eigenvalue weighted by atomic mass is 16.5. The van der Waals surface area contributed by atoms with Gasteiger partial charge in [0.25, 0.3) is 0 Å². The fraction of sp³-hybridized carbons (Fsp3) is 0.500. The van der Waals surface area contributed by atoms with Crippen LogP contribution < -0.4 is 4.74 Å². The number of para-hydroxylation sites is 1. The van der Waals surface area contributed by atoms with Gasteiger partial charge in [0.05, 0.1) is 19.6 Å². The van der Waals surface area contributed by atoms with Gasteiger partial charge in [-0.1, -0.05) is 18.2 Å². The van der Waals surface area contributed by atoms with E-state index in [9.17, 15) is 9.90 Å². The molecule has 1 aromatic rings. The van der Waals surface area contributed by atoms with Crippen LogP contribution in [0.5, 0.6) is 5.75 Å². The molecule has 1 aromatic carbocycles. The van der Waals surface area contributed by atoms with Crippen LogP contribution in [0.1, 0.15) is 12.8 Å². The summed E-state index contributed by atoms with van der Waals surface area (Å²) in [5, 5.41) is 9.19. The molecule has 5 heteroatoms. The minimum atomic E-state index is -0.586. The first kappa shape index (κ1) is 15.5. The molecular weight excluding hydrogens is 248 g/mol. The van der Waals surface area contributed by atoms with Crippen molar-refractivity contribution in [2.45, 2.75) is 18.9 Å². The molecule has 5 nitrogen and oxygen atoms in total. The highest BCUT2D eigenvalue weighted by Gasteiger charge is 2.15. The van der Waals surface area contributed by atoms with Gasteiger partial charge in [-0.3, -0.25) is 4.79 Å². The van der Waals surface area contributed by atoms with Crippen LogP contribution >= 0.6 is 0 Å². The largest absolute Gasteiger partial charge is 0.487 e. The monoisotopic (exact) mass is 268 g/mol. The van der Waals surface area contributed by atoms with E-state index in [0.717, 1.165) is 0 Å². The second-order valence-corrected chi connectivity index (χ2v) is 4.01. The fourth-order valence-corrected chi connectivity index (χ4v) is 1.47. The van der Waals surface area contributed by atoms with Gasteiger partial charge in [-0.2, -0.15) is 0 Å². The summed E-state index contributed by atoms with van der Waals surface area (Å²) in [6, 6.07) is 9.06. The van der Waals surface area contributed by atoms with Gasteiger partial charge in [0.15, 0.2) is 0 Å². The van der Waals surface area contributed by atoms with Crippen LogP contribution in [0.2, 0.25) is 0 Å². The summed E-state index contributed by atoms with van der Waals surface area (Å²) in [6.07, 6.45) is 0.0987. The molecule has 0 aliphatic carbocycles. The zero-order valence-electron chi connectivity index (χ0n) is 11.1. The molecule has 0 fully saturated rings. The second-order valence-electron chi connectivity index (χ2n) is 4.01. The van der Waals surface area contributed by atoms with E-state index < -0.39 is 6.10 Å². The maximum atomic E-state index is 11.5. The summed E-state index contributed by atoms with van der Waals surface area (Å²) >= 11 is 0. The molecule has 0 aromatic heterocycles. The van der Waals surface area contributed by atoms with E-state index in [4.69, 9.17) is 14.2 Å². The lowest BCUT2D eigenvalue weighted by Crippen LogP contribution is -2.26. The predicted octanol–water partition coefficient (Wildman–Crippen LogP) is 1.40. The van der Waals surface area contributed by atoms with E-state index in [-0.39, 0.29) is 19.0 Å². The molecule has 0 radical (unpaired) electrons. The average molecular weight is 268 g/mol. The number of aliphatic hydroxyl groups is 1. The molecule has 0 aliphatic rings. The Balaban J connectivity index is 2.29. The normalized spacial score (nSPS) is 11.9. The van der Waals surface area contributed by atoms with Gasteiger partial charge in [-0.25, -0.2) is 0 Å². The van der Waals surface area contributed by atoms with Crippen LogP contribution in [0.4, 0.5) is 0 Å². The van der Waals surface area contributed by atoms with Gasteiger partial charge in [-0.15, -0.1) is 0 Å². The van der Waals surface area contributed by atoms with Crippen LogP contribution in [0.25, 0.3) is 0 Å². The third kappa shape index (κ3) is 6.79. The molecule has 106 valence electrons. The summed E-state index contributed by atoms with van der Waals surface area (Å²) in [5.41, 5.74) is 0. The van der Waals surface area contributed by atoms with Crippen LogP contribution in [0.3, 0.4) is 0 Å². The van der Waals surface area contributed by atoms with Gasteiger partial charge >= 0.3 is 5.97 Å². The predicted molar refractivity (Wildman–Crippen MR) is 70.0 cm³/mol. The Bertz CT molecular complexity index is 352. The summed E-state index contributed by atoms with van der Waals surface area (Å²) in [7, 11) is 1.59. The maximum absolute atomic E-state index is 11.5. The van der Waals surface area contributed by atoms with Gasteiger partial charge in [-0.05, 0) is 12.1 Å². The van der Waals surface area contributed by atoms with Crippen LogP contribution in [0.15, 0.2) is 30.3 Å². The molecule has 1 unspecified atom stereocenters. The Labute approximate surface area is 113 Å². The first-order chi connectivity index (χ1) is 9.26. The van der Waals surface area contributed by atoms with Crippen molar-refractivity contribution in [2.75, 3.05) is 26.9 Å². The average Bonchev–Trinajstić information content (AvgIpc) is 2.44. The van der Waals surface area contributed by atoms with E-state index in [1.165, 1.54) is 0 Å². The van der Waals surface area contributed by atoms with Crippen molar-refractivity contribution in [2.24, 2.45) is 0 Å². The van der Waals surface area contributed by atoms with Crippen molar-refractivity contribution in [1.29, 1.82) is 0 Å². The zero-order chi connectivity index (χ0) is 13.9. The molecule has 1 N–H and O–H groups in total. The summed E-state index contributed by atoms with van der Waals surface area (Å²) in [5.74, 6) is 0.236. The minimum Gasteiger partial charge on any atom is -0.487 e. The quantitative estimate of drug-likeness (QED) is 0.541. The zero-order valence-corrected chi connectivity index (χ0v) is 11.1. The smallest absolute Gasteiger partial charge is 0.309 e. The fourth-order valence-electron chi connectivity index (χ4n) is 1.47. The van der Waals surface area contributed by atoms with Gasteiger partial charge < -0.3 is 19.3 Å². The third-order valence-electron chi connectivity index (χ3n) is 2.40. The van der Waals surface area contributed by atoms with Crippen molar-refractivity contribution in [3.05, 3.63) is 30.3 Å². The number of ether oxygens (including phenoxy) is 3. The molecule has 0 spiro atoms. The van der Waals surface area contributed by atoms with Crippen molar-refractivity contribution < 1.29 is 24.1 Å². The molecule has 0 aliphatic heterocycles. The number of aliphatic hydroxyl groups excluding tert-OH is 1. The lowest BCUT2D eigenvalue weighted by molar-refractivity contribution is -0.146. The Morgan fingerprint density at radius 2 is 2.00 bits per heavy atom. The number of methoxy groups -OCH3 is 1. The molecule has 1 atom stereocenters. The molecule has 0 saturated heterocycles. The highest BCUT2D eigenvalue weighted by Crippen LogP contribution is 2.12. The standard InChI is InChI=1S/C14H20O5/c1-17-8-5-9-18-14(16)10-13(11-15)19-12-6-3-2-4-7-12/h2-4,6-7,13,15H,5,8-11H2,1H3. The number of rotatable bonds is 9. The lowest BCUT2D eigenvalue weighted by atomic mass is 10.2. The molecule has 0 heterocycles. The van der Waals surface area contributed by atoms with E-state index in [2.05, 4.69) is 0 Å². The Morgan fingerprint density at radius 3 is 2.63 bits per heavy atom. The SMILES string of the molecule is COCCCOC(=O)CC(CO)Oc1ccccc1. The van der Waals surface area contributed by atoms with Crippen LogP contribution in [-0.2, 0) is 14.3 Å². The number of hydrogen-bond donors (Lipinski definition) is 1. The van der Waals surface area contributed by atoms with Crippen molar-refractivity contribution in [3.8, 4) is 5.75 Å². The first-order valence-electron chi connectivity index (χ1n) is 6.23. The van der Waals surface area contributed by atoms with Crippen LogP contribution in [-0.4, -0.2) is 44.1 Å². The number of esters is 1. The van der Waals surface area contributed by atoms with Crippen molar-refractivity contribution in [3.63, 3.8) is 0 Å². The number of carbonyl (C=O) groups is 1. The van der Waals surface area contributed by atoms with E-state index in [0.29, 0.717) is 25.4 Å². The van der Waals surface area contributed by atoms with E-state index in [1.807, 2.05) is 18.2 Å². The summed E-state index contributed by atoms with van der Waals surface area (Å²) in [4.78, 5) is 11.5. The lowest BCUT2D eigenvalue weighted by Gasteiger charge is -2.16. The number of carbonyl (C=O) groups excluding carboxylic acids is 1. The maximum Gasteiger partial charge on any atom is 0.309 e. The summed E-state index contributed by atoms with van der Waals surface area (Å²) in [6.45, 7) is 0.634. The molecule has 0 amide bonds.